The predicted octanol–water partition coefficient (Wildman–Crippen LogP) is 3.17. The highest BCUT2D eigenvalue weighted by Crippen LogP contribution is 2.38. The zero-order chi connectivity index (χ0) is 25.0. The molecule has 0 radical (unpaired) electrons. The molecule has 9 heteroatoms. The first-order valence-electron chi connectivity index (χ1n) is 10.7. The average Bonchev–Trinajstić information content (AvgIpc) is 2.90. The van der Waals surface area contributed by atoms with Crippen LogP contribution in [0.1, 0.15) is 21.5 Å². The highest BCUT2D eigenvalue weighted by Gasteiger charge is 2.17. The van der Waals surface area contributed by atoms with E-state index in [0.717, 1.165) is 11.1 Å². The minimum absolute atomic E-state index is 0.253. The number of carbonyl (C=O) groups is 2. The van der Waals surface area contributed by atoms with E-state index in [0.29, 0.717) is 29.6 Å². The largest absolute Gasteiger partial charge is 0.493 e. The number of nitrogens with zero attached hydrogens (tertiary/aromatic N) is 1. The molecule has 3 aromatic carbocycles. The van der Waals surface area contributed by atoms with E-state index in [1.54, 1.807) is 0 Å². The number of benzene rings is 3. The first-order chi connectivity index (χ1) is 17.0. The van der Waals surface area contributed by atoms with Gasteiger partial charge < -0.3 is 24.3 Å². The van der Waals surface area contributed by atoms with Gasteiger partial charge in [0, 0.05) is 5.56 Å². The molecule has 0 atom stereocenters. The molecule has 0 aliphatic rings. The van der Waals surface area contributed by atoms with Gasteiger partial charge in [-0.15, -0.1) is 0 Å². The first kappa shape index (κ1) is 25.1. The average molecular weight is 478 g/mol. The van der Waals surface area contributed by atoms with Crippen molar-refractivity contribution in [1.82, 2.24) is 10.7 Å². The molecule has 0 heterocycles. The topological polar surface area (TPSA) is 107 Å². The Hall–Kier alpha value is -4.53. The van der Waals surface area contributed by atoms with Gasteiger partial charge in [-0.05, 0) is 35.4 Å². The van der Waals surface area contributed by atoms with Gasteiger partial charge in [0.2, 0.25) is 5.75 Å². The number of methoxy groups -OCH3 is 3. The smallest absolute Gasteiger partial charge is 0.259 e. The van der Waals surface area contributed by atoms with Crippen molar-refractivity contribution < 1.29 is 28.5 Å². The maximum atomic E-state index is 12.5. The molecule has 3 aromatic rings. The van der Waals surface area contributed by atoms with Gasteiger partial charge >= 0.3 is 0 Å². The minimum Gasteiger partial charge on any atom is -0.493 e. The number of rotatable bonds is 11. The van der Waals surface area contributed by atoms with Crippen molar-refractivity contribution in [3.05, 3.63) is 83.4 Å². The zero-order valence-electron chi connectivity index (χ0n) is 19.7. The second kappa shape index (κ2) is 12.6. The molecule has 0 bridgehead atoms. The van der Waals surface area contributed by atoms with Crippen LogP contribution < -0.4 is 29.7 Å². The van der Waals surface area contributed by atoms with Crippen LogP contribution in [0.2, 0.25) is 0 Å². The highest BCUT2D eigenvalue weighted by molar-refractivity contribution is 5.97. The molecule has 0 fully saturated rings. The Morgan fingerprint density at radius 3 is 2.26 bits per heavy atom. The fraction of sp³-hybridized carbons (Fsp3) is 0.192. The molecular weight excluding hydrogens is 450 g/mol. The number of hydrogen-bond donors (Lipinski definition) is 2. The summed E-state index contributed by atoms with van der Waals surface area (Å²) in [6, 6.07) is 20.2. The Bertz CT molecular complexity index is 1160. The predicted molar refractivity (Wildman–Crippen MR) is 131 cm³/mol. The van der Waals surface area contributed by atoms with Crippen molar-refractivity contribution in [2.45, 2.75) is 6.61 Å². The van der Waals surface area contributed by atoms with Crippen molar-refractivity contribution in [3.63, 3.8) is 0 Å². The molecule has 9 nitrogen and oxygen atoms in total. The van der Waals surface area contributed by atoms with E-state index in [1.807, 2.05) is 54.6 Å². The lowest BCUT2D eigenvalue weighted by Gasteiger charge is -2.14. The minimum atomic E-state index is -0.487. The number of amides is 2. The molecule has 0 saturated heterocycles. The van der Waals surface area contributed by atoms with Gasteiger partial charge in [-0.2, -0.15) is 5.10 Å². The van der Waals surface area contributed by atoms with Crippen LogP contribution in [0.25, 0.3) is 0 Å². The summed E-state index contributed by atoms with van der Waals surface area (Å²) in [5.41, 5.74) is 4.45. The van der Waals surface area contributed by atoms with Crippen molar-refractivity contribution in [3.8, 4) is 23.0 Å². The molecule has 2 N–H and O–H groups in total. The van der Waals surface area contributed by atoms with E-state index in [1.165, 1.54) is 39.7 Å². The lowest BCUT2D eigenvalue weighted by atomic mass is 10.1. The third-order valence-corrected chi connectivity index (χ3v) is 4.85. The highest BCUT2D eigenvalue weighted by atomic mass is 16.5. The number of hydrogen-bond acceptors (Lipinski definition) is 7. The third-order valence-electron chi connectivity index (χ3n) is 4.85. The summed E-state index contributed by atoms with van der Waals surface area (Å²) in [7, 11) is 4.38. The van der Waals surface area contributed by atoms with Gasteiger partial charge in [0.05, 0.1) is 34.1 Å². The Kier molecular flexibility index (Phi) is 9.07. The number of hydrazone groups is 1. The second-order valence-electron chi connectivity index (χ2n) is 7.24. The van der Waals surface area contributed by atoms with Gasteiger partial charge in [-0.25, -0.2) is 5.43 Å². The standard InChI is InChI=1S/C26H27N3O6/c1-32-22-13-20(14-23(33-2)25(22)34-3)26(31)27-16-24(30)29-28-15-19-10-7-11-21(12-19)35-17-18-8-5-4-6-9-18/h4-15H,16-17H2,1-3H3,(H,27,31)(H,29,30)/b28-15+. The molecule has 0 aliphatic heterocycles. The molecule has 182 valence electrons. The number of nitrogens with one attached hydrogen (secondary N) is 2. The van der Waals surface area contributed by atoms with Crippen molar-refractivity contribution in [2.24, 2.45) is 5.10 Å². The van der Waals surface area contributed by atoms with Crippen LogP contribution in [0.5, 0.6) is 23.0 Å². The van der Waals surface area contributed by atoms with Crippen LogP contribution in [0.3, 0.4) is 0 Å². The van der Waals surface area contributed by atoms with E-state index in [2.05, 4.69) is 15.8 Å². The van der Waals surface area contributed by atoms with Crippen molar-refractivity contribution in [2.75, 3.05) is 27.9 Å². The van der Waals surface area contributed by atoms with Crippen molar-refractivity contribution >= 4 is 18.0 Å². The van der Waals surface area contributed by atoms with E-state index < -0.39 is 11.8 Å². The molecule has 35 heavy (non-hydrogen) atoms. The Morgan fingerprint density at radius 2 is 1.60 bits per heavy atom. The van der Waals surface area contributed by atoms with E-state index in [4.69, 9.17) is 18.9 Å². The number of ether oxygens (including phenoxy) is 4. The summed E-state index contributed by atoms with van der Waals surface area (Å²) in [6.07, 6.45) is 1.49. The molecule has 3 rings (SSSR count). The molecular formula is C26H27N3O6. The normalized spacial score (nSPS) is 10.5. The van der Waals surface area contributed by atoms with Gasteiger partial charge in [0.15, 0.2) is 11.5 Å². The van der Waals surface area contributed by atoms with Gasteiger partial charge in [0.25, 0.3) is 11.8 Å². The summed E-state index contributed by atoms with van der Waals surface area (Å²) in [6.45, 7) is 0.177. The van der Waals surface area contributed by atoms with Gasteiger partial charge in [-0.1, -0.05) is 42.5 Å². The Labute approximate surface area is 203 Å². The van der Waals surface area contributed by atoms with E-state index >= 15 is 0 Å². The fourth-order valence-electron chi connectivity index (χ4n) is 3.12. The summed E-state index contributed by atoms with van der Waals surface area (Å²) in [5, 5.41) is 6.47. The Balaban J connectivity index is 1.50. The van der Waals surface area contributed by atoms with Crippen LogP contribution >= 0.6 is 0 Å². The van der Waals surface area contributed by atoms with Crippen LogP contribution in [0.4, 0.5) is 0 Å². The van der Waals surface area contributed by atoms with E-state index in [-0.39, 0.29) is 12.1 Å². The SMILES string of the molecule is COc1cc(C(=O)NCC(=O)N/N=C/c2cccc(OCc3ccccc3)c2)cc(OC)c1OC. The maximum Gasteiger partial charge on any atom is 0.259 e. The van der Waals surface area contributed by atoms with Crippen LogP contribution in [0, 0.1) is 0 Å². The second-order valence-corrected chi connectivity index (χ2v) is 7.24. The lowest BCUT2D eigenvalue weighted by Crippen LogP contribution is -2.34. The first-order valence-corrected chi connectivity index (χ1v) is 10.7. The maximum absolute atomic E-state index is 12.5. The van der Waals surface area contributed by atoms with Gasteiger partial charge in [-0.3, -0.25) is 9.59 Å². The summed E-state index contributed by atoms with van der Waals surface area (Å²) >= 11 is 0. The van der Waals surface area contributed by atoms with Crippen LogP contribution in [-0.2, 0) is 11.4 Å². The molecule has 0 aromatic heterocycles. The van der Waals surface area contributed by atoms with E-state index in [9.17, 15) is 9.59 Å². The molecule has 0 saturated carbocycles. The third kappa shape index (κ3) is 7.23. The van der Waals surface area contributed by atoms with Crippen molar-refractivity contribution in [1.29, 1.82) is 0 Å². The quantitative estimate of drug-likeness (QED) is 0.325. The molecule has 2 amide bonds. The van der Waals surface area contributed by atoms with Crippen LogP contribution in [-0.4, -0.2) is 45.9 Å². The molecule has 0 aliphatic carbocycles. The fourth-order valence-corrected chi connectivity index (χ4v) is 3.12. The van der Waals surface area contributed by atoms with Gasteiger partial charge in [0.1, 0.15) is 12.4 Å². The number of carbonyl (C=O) groups excluding carboxylic acids is 2. The molecule has 0 unspecified atom stereocenters. The summed E-state index contributed by atoms with van der Waals surface area (Å²) in [4.78, 5) is 24.6. The summed E-state index contributed by atoms with van der Waals surface area (Å²) < 4.78 is 21.5. The monoisotopic (exact) mass is 477 g/mol. The zero-order valence-corrected chi connectivity index (χ0v) is 19.7. The summed E-state index contributed by atoms with van der Waals surface area (Å²) in [5.74, 6) is 0.752. The molecule has 0 spiro atoms. The lowest BCUT2D eigenvalue weighted by molar-refractivity contribution is -0.120. The Morgan fingerprint density at radius 1 is 0.886 bits per heavy atom. The van der Waals surface area contributed by atoms with Crippen LogP contribution in [0.15, 0.2) is 71.8 Å².